The fourth-order valence-electron chi connectivity index (χ4n) is 4.91. The number of phenols is 1. The van der Waals surface area contributed by atoms with Gasteiger partial charge in [0.1, 0.15) is 5.75 Å². The van der Waals surface area contributed by atoms with Crippen LogP contribution < -0.4 is 5.32 Å². The van der Waals surface area contributed by atoms with Crippen molar-refractivity contribution in [3.63, 3.8) is 0 Å². The van der Waals surface area contributed by atoms with Crippen LogP contribution in [0.2, 0.25) is 0 Å². The van der Waals surface area contributed by atoms with Crippen LogP contribution in [0.4, 0.5) is 0 Å². The molecule has 3 N–H and O–H groups in total. The molecule has 3 atom stereocenters. The van der Waals surface area contributed by atoms with E-state index >= 15 is 0 Å². The van der Waals surface area contributed by atoms with Gasteiger partial charge < -0.3 is 15.5 Å². The van der Waals surface area contributed by atoms with Crippen molar-refractivity contribution in [3.05, 3.63) is 29.3 Å². The number of aliphatic hydroxyl groups is 1. The Bertz CT molecular complexity index is 525. The van der Waals surface area contributed by atoms with Gasteiger partial charge >= 0.3 is 0 Å². The molecule has 1 heterocycles. The quantitative estimate of drug-likeness (QED) is 0.666. The van der Waals surface area contributed by atoms with Gasteiger partial charge in [0.2, 0.25) is 0 Å². The number of piperidine rings is 1. The number of phenolic OH excluding ortho intramolecular Hbond substituents is 1. The molecule has 2 aliphatic carbocycles. The predicted octanol–water partition coefficient (Wildman–Crippen LogP) is 1.85. The summed E-state index contributed by atoms with van der Waals surface area (Å²) in [5.41, 5.74) is 1.77. The number of hydrogen-bond acceptors (Lipinski definition) is 3. The summed E-state index contributed by atoms with van der Waals surface area (Å²) in [6.07, 6.45) is 6.11. The summed E-state index contributed by atoms with van der Waals surface area (Å²) in [5.74, 6) is 0.332. The molecule has 102 valence electrons. The summed E-state index contributed by atoms with van der Waals surface area (Å²) in [5, 5.41) is 24.7. The van der Waals surface area contributed by atoms with E-state index in [2.05, 4.69) is 5.32 Å². The first-order valence-corrected chi connectivity index (χ1v) is 7.44. The van der Waals surface area contributed by atoms with Crippen LogP contribution in [0.5, 0.6) is 5.75 Å². The van der Waals surface area contributed by atoms with Crippen molar-refractivity contribution < 1.29 is 10.2 Å². The Kier molecular flexibility index (Phi) is 2.31. The maximum absolute atomic E-state index is 11.4. The molecule has 1 aliphatic heterocycles. The Balaban J connectivity index is 1.97. The molecular formula is C16H21NO2. The van der Waals surface area contributed by atoms with Gasteiger partial charge in [-0.15, -0.1) is 0 Å². The Labute approximate surface area is 113 Å². The van der Waals surface area contributed by atoms with Gasteiger partial charge in [0.25, 0.3) is 0 Å². The Morgan fingerprint density at radius 2 is 2.00 bits per heavy atom. The van der Waals surface area contributed by atoms with Crippen molar-refractivity contribution >= 4 is 0 Å². The molecule has 3 heteroatoms. The number of rotatable bonds is 0. The summed E-state index contributed by atoms with van der Waals surface area (Å²) >= 11 is 0. The van der Waals surface area contributed by atoms with Gasteiger partial charge in [0, 0.05) is 11.5 Å². The molecule has 3 nitrogen and oxygen atoms in total. The minimum absolute atomic E-state index is 0.131. The van der Waals surface area contributed by atoms with E-state index < -0.39 is 5.60 Å². The third kappa shape index (κ3) is 1.35. The molecule has 1 aromatic carbocycles. The first-order chi connectivity index (χ1) is 9.16. The molecule has 0 radical (unpaired) electrons. The van der Waals surface area contributed by atoms with Crippen LogP contribution in [0.1, 0.15) is 43.2 Å². The van der Waals surface area contributed by atoms with Crippen molar-refractivity contribution in [1.29, 1.82) is 0 Å². The minimum Gasteiger partial charge on any atom is -0.508 e. The van der Waals surface area contributed by atoms with E-state index in [1.54, 1.807) is 6.07 Å². The molecule has 2 bridgehead atoms. The molecule has 0 spiro atoms. The highest BCUT2D eigenvalue weighted by molar-refractivity contribution is 5.47. The minimum atomic E-state index is -0.621. The first kappa shape index (κ1) is 11.7. The van der Waals surface area contributed by atoms with Gasteiger partial charge in [-0.1, -0.05) is 18.9 Å². The predicted molar refractivity (Wildman–Crippen MR) is 73.3 cm³/mol. The second kappa shape index (κ2) is 3.74. The van der Waals surface area contributed by atoms with Crippen LogP contribution in [-0.4, -0.2) is 28.4 Å². The summed E-state index contributed by atoms with van der Waals surface area (Å²) in [7, 11) is 0. The third-order valence-corrected chi connectivity index (χ3v) is 5.79. The number of benzene rings is 1. The van der Waals surface area contributed by atoms with Crippen molar-refractivity contribution in [3.8, 4) is 5.75 Å². The first-order valence-electron chi connectivity index (χ1n) is 7.44. The highest BCUT2D eigenvalue weighted by Crippen LogP contribution is 2.56. The smallest absolute Gasteiger partial charge is 0.115 e. The highest BCUT2D eigenvalue weighted by atomic mass is 16.3. The number of hydrogen-bond donors (Lipinski definition) is 3. The van der Waals surface area contributed by atoms with Crippen LogP contribution in [0, 0.1) is 0 Å². The van der Waals surface area contributed by atoms with Gasteiger partial charge in [0.15, 0.2) is 0 Å². The van der Waals surface area contributed by atoms with Gasteiger partial charge in [0.05, 0.1) is 5.60 Å². The topological polar surface area (TPSA) is 52.5 Å². The molecule has 0 amide bonds. The molecule has 1 aromatic rings. The molecule has 1 saturated heterocycles. The van der Waals surface area contributed by atoms with Crippen molar-refractivity contribution in [2.75, 3.05) is 6.54 Å². The van der Waals surface area contributed by atoms with E-state index in [0.717, 1.165) is 38.6 Å². The normalized spacial score (nSPS) is 40.4. The molecule has 4 rings (SSSR count). The number of fused-ring (bicyclic) bond motifs is 1. The summed E-state index contributed by atoms with van der Waals surface area (Å²) in [6, 6.07) is 5.91. The molecule has 1 saturated carbocycles. The van der Waals surface area contributed by atoms with Crippen LogP contribution in [-0.2, 0) is 11.8 Å². The van der Waals surface area contributed by atoms with E-state index in [9.17, 15) is 10.2 Å². The maximum atomic E-state index is 11.4. The Morgan fingerprint density at radius 3 is 2.89 bits per heavy atom. The van der Waals surface area contributed by atoms with Crippen LogP contribution >= 0.6 is 0 Å². The third-order valence-electron chi connectivity index (χ3n) is 5.79. The second-order valence-corrected chi connectivity index (χ2v) is 6.52. The van der Waals surface area contributed by atoms with E-state index in [-0.39, 0.29) is 11.5 Å². The number of aromatic hydroxyl groups is 1. The van der Waals surface area contributed by atoms with Gasteiger partial charge in [-0.2, -0.15) is 0 Å². The average molecular weight is 259 g/mol. The van der Waals surface area contributed by atoms with E-state index in [4.69, 9.17) is 0 Å². The lowest BCUT2D eigenvalue weighted by atomic mass is 9.50. The number of nitrogens with one attached hydrogen (secondary N) is 1. The Morgan fingerprint density at radius 1 is 1.16 bits per heavy atom. The lowest BCUT2D eigenvalue weighted by molar-refractivity contribution is -0.124. The zero-order valence-corrected chi connectivity index (χ0v) is 11.2. The van der Waals surface area contributed by atoms with Gasteiger partial charge in [-0.05, 0) is 55.5 Å². The summed E-state index contributed by atoms with van der Waals surface area (Å²) in [4.78, 5) is 0. The van der Waals surface area contributed by atoms with Crippen molar-refractivity contribution in [2.24, 2.45) is 0 Å². The fourth-order valence-corrected chi connectivity index (χ4v) is 4.91. The molecule has 3 aliphatic rings. The average Bonchev–Trinajstić information content (AvgIpc) is 2.39. The zero-order chi connectivity index (χ0) is 13.1. The van der Waals surface area contributed by atoms with Crippen LogP contribution in [0.25, 0.3) is 0 Å². The monoisotopic (exact) mass is 259 g/mol. The maximum Gasteiger partial charge on any atom is 0.115 e. The van der Waals surface area contributed by atoms with Gasteiger partial charge in [-0.25, -0.2) is 0 Å². The van der Waals surface area contributed by atoms with Crippen molar-refractivity contribution in [2.45, 2.75) is 55.6 Å². The second-order valence-electron chi connectivity index (χ2n) is 6.52. The SMILES string of the molecule is Oc1ccc2c(c1)[C@@]13CCCCC1(O)[C@@H](C2)NCC3. The van der Waals surface area contributed by atoms with E-state index in [1.807, 2.05) is 12.1 Å². The molecule has 1 unspecified atom stereocenters. The highest BCUT2D eigenvalue weighted by Gasteiger charge is 2.61. The summed E-state index contributed by atoms with van der Waals surface area (Å²) in [6.45, 7) is 0.974. The zero-order valence-electron chi connectivity index (χ0n) is 11.2. The van der Waals surface area contributed by atoms with Crippen molar-refractivity contribution in [1.82, 2.24) is 5.32 Å². The molecular weight excluding hydrogens is 238 g/mol. The lowest BCUT2D eigenvalue weighted by Crippen LogP contribution is -2.71. The molecule has 19 heavy (non-hydrogen) atoms. The Hall–Kier alpha value is -1.06. The largest absolute Gasteiger partial charge is 0.508 e. The van der Waals surface area contributed by atoms with Crippen LogP contribution in [0.15, 0.2) is 18.2 Å². The fraction of sp³-hybridized carbons (Fsp3) is 0.625. The molecule has 2 fully saturated rings. The molecule has 0 aromatic heterocycles. The summed E-state index contributed by atoms with van der Waals surface area (Å²) < 4.78 is 0. The van der Waals surface area contributed by atoms with Gasteiger partial charge in [-0.3, -0.25) is 0 Å². The van der Waals surface area contributed by atoms with E-state index in [1.165, 1.54) is 17.5 Å². The van der Waals surface area contributed by atoms with E-state index in [0.29, 0.717) is 5.75 Å². The lowest BCUT2D eigenvalue weighted by Gasteiger charge is -2.61. The standard InChI is InChI=1S/C16H21NO2/c18-12-4-3-11-9-14-16(19)6-2-1-5-15(16,7-8-17-14)13(11)10-12/h3-4,10,14,17-19H,1-2,5-9H2/t14-,15+,16?/m1/s1. The van der Waals surface area contributed by atoms with Crippen LogP contribution in [0.3, 0.4) is 0 Å².